The Morgan fingerprint density at radius 1 is 1.23 bits per heavy atom. The number of thiophene rings is 1. The Labute approximate surface area is 80.4 Å². The van der Waals surface area contributed by atoms with E-state index in [2.05, 4.69) is 0 Å². The van der Waals surface area contributed by atoms with Gasteiger partial charge in [-0.1, -0.05) is 25.7 Å². The van der Waals surface area contributed by atoms with Crippen molar-refractivity contribution in [3.8, 4) is 0 Å². The first-order chi connectivity index (χ1) is 5.73. The highest BCUT2D eigenvalue weighted by Gasteiger charge is 2.38. The highest BCUT2D eigenvalue weighted by molar-refractivity contribution is 7.12. The highest BCUT2D eigenvalue weighted by atomic mass is 32.1. The van der Waals surface area contributed by atoms with Crippen LogP contribution in [0.4, 0.5) is 13.2 Å². The maximum Gasteiger partial charge on any atom is 0.425 e. The molecule has 0 fully saturated rings. The molecule has 0 radical (unpaired) electrons. The summed E-state index contributed by atoms with van der Waals surface area (Å²) in [5.41, 5.74) is 0. The van der Waals surface area contributed by atoms with E-state index in [4.69, 9.17) is 0 Å². The van der Waals surface area contributed by atoms with Crippen LogP contribution < -0.4 is 5.19 Å². The molecule has 0 saturated carbocycles. The summed E-state index contributed by atoms with van der Waals surface area (Å²) in [7, 11) is -1.85. The Morgan fingerprint density at radius 2 is 1.77 bits per heavy atom. The van der Waals surface area contributed by atoms with Crippen molar-refractivity contribution in [2.75, 3.05) is 0 Å². The number of halogens is 3. The summed E-state index contributed by atoms with van der Waals surface area (Å²) in [4.78, 5) is -0.410. The smallest absolute Gasteiger partial charge is 0.165 e. The Bertz CT molecular complexity index is 267. The average molecular weight is 224 g/mol. The van der Waals surface area contributed by atoms with Gasteiger partial charge in [-0.15, -0.1) is 11.3 Å². The van der Waals surface area contributed by atoms with Gasteiger partial charge in [0, 0.05) is 0 Å². The molecule has 0 aromatic carbocycles. The fourth-order valence-electron chi connectivity index (χ4n) is 1.12. The molecule has 1 rings (SSSR count). The molecule has 1 aromatic heterocycles. The van der Waals surface area contributed by atoms with Crippen molar-refractivity contribution < 1.29 is 13.2 Å². The van der Waals surface area contributed by atoms with Crippen molar-refractivity contribution in [2.45, 2.75) is 25.8 Å². The van der Waals surface area contributed by atoms with Gasteiger partial charge in [-0.25, -0.2) is 0 Å². The van der Waals surface area contributed by atoms with E-state index in [0.29, 0.717) is 5.19 Å². The Kier molecular flexibility index (Phi) is 2.60. The van der Waals surface area contributed by atoms with E-state index in [1.54, 1.807) is 6.07 Å². The first-order valence-electron chi connectivity index (χ1n) is 3.88. The summed E-state index contributed by atoms with van der Waals surface area (Å²) in [5, 5.41) is 2.04. The molecule has 0 N–H and O–H groups in total. The lowest BCUT2D eigenvalue weighted by atomic mass is 10.4. The monoisotopic (exact) mass is 224 g/mol. The fourth-order valence-corrected chi connectivity index (χ4v) is 4.41. The topological polar surface area (TPSA) is 0 Å². The summed E-state index contributed by atoms with van der Waals surface area (Å²) >= 11 is 0.793. The van der Waals surface area contributed by atoms with Crippen LogP contribution in [0, 0.1) is 0 Å². The molecule has 0 amide bonds. The Balaban J connectivity index is 3.19. The predicted molar refractivity (Wildman–Crippen MR) is 52.3 cm³/mol. The zero-order valence-corrected chi connectivity index (χ0v) is 9.51. The van der Waals surface area contributed by atoms with Crippen molar-refractivity contribution in [1.29, 1.82) is 0 Å². The molecule has 0 nitrogen and oxygen atoms in total. The maximum absolute atomic E-state index is 12.4. The van der Waals surface area contributed by atoms with E-state index >= 15 is 0 Å². The van der Waals surface area contributed by atoms with Crippen LogP contribution in [0.5, 0.6) is 0 Å². The first-order valence-corrected chi connectivity index (χ1v) is 8.26. The van der Waals surface area contributed by atoms with Gasteiger partial charge < -0.3 is 0 Å². The Hall–Kier alpha value is -0.293. The van der Waals surface area contributed by atoms with Crippen LogP contribution in [-0.4, -0.2) is 8.07 Å². The third-order valence-corrected chi connectivity index (χ3v) is 4.90. The predicted octanol–water partition coefficient (Wildman–Crippen LogP) is 3.31. The first kappa shape index (κ1) is 10.8. The average Bonchev–Trinajstić information content (AvgIpc) is 2.27. The van der Waals surface area contributed by atoms with Gasteiger partial charge in [0.25, 0.3) is 0 Å². The summed E-state index contributed by atoms with van der Waals surface area (Å²) in [6.45, 7) is 5.76. The normalized spacial score (nSPS) is 13.4. The van der Waals surface area contributed by atoms with E-state index in [9.17, 15) is 13.2 Å². The molecule has 0 aliphatic rings. The SMILES string of the molecule is C[Si](C)(C)c1ccsc1C(F)(F)F. The van der Waals surface area contributed by atoms with Crippen molar-refractivity contribution >= 4 is 24.6 Å². The van der Waals surface area contributed by atoms with Crippen LogP contribution in [0.3, 0.4) is 0 Å². The largest absolute Gasteiger partial charge is 0.425 e. The second-order valence-corrected chi connectivity index (χ2v) is 9.87. The van der Waals surface area contributed by atoms with Gasteiger partial charge in [0.05, 0.1) is 8.07 Å². The molecule has 1 aromatic rings. The number of rotatable bonds is 1. The standard InChI is InChI=1S/C8H11F3SSi/c1-13(2,3)6-4-5-12-7(6)8(9,10)11/h4-5H,1-3H3. The van der Waals surface area contributed by atoms with Gasteiger partial charge in [0.1, 0.15) is 4.88 Å². The molecule has 0 saturated heterocycles. The molecule has 0 spiro atoms. The zero-order valence-electron chi connectivity index (χ0n) is 7.70. The maximum atomic E-state index is 12.4. The van der Waals surface area contributed by atoms with E-state index in [1.807, 2.05) is 19.6 Å². The van der Waals surface area contributed by atoms with E-state index in [1.165, 1.54) is 5.38 Å². The molecule has 5 heteroatoms. The van der Waals surface area contributed by atoms with Crippen molar-refractivity contribution in [2.24, 2.45) is 0 Å². The molecule has 0 bridgehead atoms. The number of hydrogen-bond acceptors (Lipinski definition) is 1. The minimum atomic E-state index is -4.18. The Morgan fingerprint density at radius 3 is 2.08 bits per heavy atom. The minimum absolute atomic E-state index is 0.410. The van der Waals surface area contributed by atoms with Crippen LogP contribution >= 0.6 is 11.3 Å². The summed E-state index contributed by atoms with van der Waals surface area (Å²) in [5.74, 6) is 0. The summed E-state index contributed by atoms with van der Waals surface area (Å²) < 4.78 is 37.3. The molecule has 0 aliphatic heterocycles. The van der Waals surface area contributed by atoms with Gasteiger partial charge in [0.15, 0.2) is 0 Å². The van der Waals surface area contributed by atoms with E-state index in [-0.39, 0.29) is 0 Å². The van der Waals surface area contributed by atoms with Crippen LogP contribution in [0.25, 0.3) is 0 Å². The lowest BCUT2D eigenvalue weighted by molar-refractivity contribution is -0.133. The zero-order chi connectivity index (χ0) is 10.3. The molecular formula is C8H11F3SSi. The van der Waals surface area contributed by atoms with E-state index in [0.717, 1.165) is 11.3 Å². The van der Waals surface area contributed by atoms with Gasteiger partial charge in [-0.2, -0.15) is 13.2 Å². The minimum Gasteiger partial charge on any atom is -0.165 e. The van der Waals surface area contributed by atoms with Crippen molar-refractivity contribution in [3.63, 3.8) is 0 Å². The van der Waals surface area contributed by atoms with Crippen molar-refractivity contribution in [1.82, 2.24) is 0 Å². The van der Waals surface area contributed by atoms with Crippen LogP contribution in [0.1, 0.15) is 4.88 Å². The van der Waals surface area contributed by atoms with Crippen LogP contribution in [-0.2, 0) is 6.18 Å². The number of hydrogen-bond donors (Lipinski definition) is 0. The molecule has 0 atom stereocenters. The van der Waals surface area contributed by atoms with Crippen LogP contribution in [0.15, 0.2) is 11.4 Å². The second-order valence-electron chi connectivity index (χ2n) is 3.91. The van der Waals surface area contributed by atoms with Gasteiger partial charge in [0.2, 0.25) is 0 Å². The van der Waals surface area contributed by atoms with Crippen LogP contribution in [0.2, 0.25) is 19.6 Å². The van der Waals surface area contributed by atoms with Gasteiger partial charge in [-0.05, 0) is 10.6 Å². The molecule has 1 heterocycles. The third kappa shape index (κ3) is 2.34. The molecule has 13 heavy (non-hydrogen) atoms. The van der Waals surface area contributed by atoms with Crippen molar-refractivity contribution in [3.05, 3.63) is 16.3 Å². The quantitative estimate of drug-likeness (QED) is 0.642. The lowest BCUT2D eigenvalue weighted by Crippen LogP contribution is -2.40. The van der Waals surface area contributed by atoms with Gasteiger partial charge >= 0.3 is 6.18 Å². The number of alkyl halides is 3. The second kappa shape index (κ2) is 3.13. The molecule has 0 aliphatic carbocycles. The third-order valence-electron chi connectivity index (χ3n) is 1.73. The summed E-state index contributed by atoms with van der Waals surface area (Å²) in [6, 6.07) is 1.61. The summed E-state index contributed by atoms with van der Waals surface area (Å²) in [6.07, 6.45) is -4.18. The molecule has 0 unspecified atom stereocenters. The molecule has 74 valence electrons. The highest BCUT2D eigenvalue weighted by Crippen LogP contribution is 2.32. The fraction of sp³-hybridized carbons (Fsp3) is 0.500. The molecular weight excluding hydrogens is 213 g/mol. The van der Waals surface area contributed by atoms with Gasteiger partial charge in [-0.3, -0.25) is 0 Å². The lowest BCUT2D eigenvalue weighted by Gasteiger charge is -2.18. The van der Waals surface area contributed by atoms with E-state index < -0.39 is 19.1 Å².